The molecule has 2 aromatic heterocycles. The monoisotopic (exact) mass is 322 g/mol. The van der Waals surface area contributed by atoms with E-state index in [1.165, 1.54) is 19.9 Å². The molecule has 116 valence electrons. The number of anilines is 1. The molecule has 2 rings (SSSR count). The third kappa shape index (κ3) is 3.79. The summed E-state index contributed by atoms with van der Waals surface area (Å²) in [6.07, 6.45) is -1.01. The maximum absolute atomic E-state index is 11.9. The van der Waals surface area contributed by atoms with E-state index in [1.54, 1.807) is 19.1 Å². The molecule has 0 aliphatic heterocycles. The molecular formula is C14H14N2O5S. The first-order valence-corrected chi connectivity index (χ1v) is 7.24. The predicted octanol–water partition coefficient (Wildman–Crippen LogP) is 2.43. The van der Waals surface area contributed by atoms with Crippen molar-refractivity contribution < 1.29 is 23.6 Å². The molecule has 1 atom stereocenters. The lowest BCUT2D eigenvalue weighted by Crippen LogP contribution is -2.29. The number of nitrogens with one attached hydrogen (secondary N) is 1. The van der Waals surface area contributed by atoms with Crippen molar-refractivity contribution in [3.63, 3.8) is 0 Å². The third-order valence-corrected chi connectivity index (χ3v) is 3.85. The average Bonchev–Trinajstić information content (AvgIpc) is 3.07. The molecule has 0 saturated carbocycles. The van der Waals surface area contributed by atoms with Gasteiger partial charge in [0, 0.05) is 6.07 Å². The summed E-state index contributed by atoms with van der Waals surface area (Å²) in [6.45, 7) is 4.55. The molecular weight excluding hydrogens is 308 g/mol. The summed E-state index contributed by atoms with van der Waals surface area (Å²) in [6, 6.07) is 4.59. The molecule has 1 unspecified atom stereocenters. The van der Waals surface area contributed by atoms with Crippen molar-refractivity contribution >= 4 is 34.8 Å². The van der Waals surface area contributed by atoms with Gasteiger partial charge in [-0.2, -0.15) is 0 Å². The summed E-state index contributed by atoms with van der Waals surface area (Å²) < 4.78 is 9.88. The number of hydrogen-bond donors (Lipinski definition) is 1. The first-order valence-electron chi connectivity index (χ1n) is 6.42. The minimum Gasteiger partial charge on any atom is -0.448 e. The number of aryl methyl sites for hydroxylation is 1. The van der Waals surface area contributed by atoms with Crippen molar-refractivity contribution in [2.24, 2.45) is 0 Å². The van der Waals surface area contributed by atoms with E-state index in [-0.39, 0.29) is 16.5 Å². The number of carbonyl (C=O) groups is 3. The molecule has 0 radical (unpaired) electrons. The van der Waals surface area contributed by atoms with E-state index in [9.17, 15) is 14.4 Å². The Hall–Kier alpha value is -2.48. The molecule has 0 aliphatic rings. The Bertz CT molecular complexity index is 718. The molecule has 0 aromatic carbocycles. The molecule has 2 aromatic rings. The molecule has 1 N–H and O–H groups in total. The van der Waals surface area contributed by atoms with Crippen molar-refractivity contribution in [1.82, 2.24) is 5.16 Å². The summed E-state index contributed by atoms with van der Waals surface area (Å²) in [5.41, 5.74) is 0. The average molecular weight is 322 g/mol. The standard InChI is InChI=1S/C14H14N2O5S/c1-7-6-12(16-21-7)15-13(18)9(3)20-14(19)11-5-4-10(22-11)8(2)17/h4-6,9H,1-3H3,(H,15,16,18). The van der Waals surface area contributed by atoms with Gasteiger partial charge in [-0.05, 0) is 32.9 Å². The van der Waals surface area contributed by atoms with Crippen LogP contribution in [0.2, 0.25) is 0 Å². The van der Waals surface area contributed by atoms with E-state index in [0.717, 1.165) is 11.3 Å². The number of rotatable bonds is 5. The Balaban J connectivity index is 1.95. The molecule has 1 amide bonds. The van der Waals surface area contributed by atoms with Crippen molar-refractivity contribution in [2.45, 2.75) is 26.9 Å². The zero-order valence-electron chi connectivity index (χ0n) is 12.2. The second-order valence-electron chi connectivity index (χ2n) is 4.58. The lowest BCUT2D eigenvalue weighted by molar-refractivity contribution is -0.123. The highest BCUT2D eigenvalue weighted by Gasteiger charge is 2.21. The Morgan fingerprint density at radius 3 is 2.55 bits per heavy atom. The summed E-state index contributed by atoms with van der Waals surface area (Å²) in [4.78, 5) is 35.7. The Morgan fingerprint density at radius 2 is 2.00 bits per heavy atom. The fraction of sp³-hybridized carbons (Fsp3) is 0.286. The number of ether oxygens (including phenoxy) is 1. The van der Waals surface area contributed by atoms with Crippen LogP contribution in [0.25, 0.3) is 0 Å². The minimum absolute atomic E-state index is 0.128. The van der Waals surface area contributed by atoms with Gasteiger partial charge in [0.1, 0.15) is 10.6 Å². The number of esters is 1. The molecule has 22 heavy (non-hydrogen) atoms. The number of ketones is 1. The van der Waals surface area contributed by atoms with Crippen LogP contribution in [0.4, 0.5) is 5.82 Å². The number of Topliss-reactive ketones (excluding diaryl/α,β-unsaturated/α-hetero) is 1. The van der Waals surface area contributed by atoms with Crippen molar-refractivity contribution in [1.29, 1.82) is 0 Å². The van der Waals surface area contributed by atoms with E-state index in [0.29, 0.717) is 10.6 Å². The van der Waals surface area contributed by atoms with Gasteiger partial charge in [-0.15, -0.1) is 11.3 Å². The van der Waals surface area contributed by atoms with Crippen molar-refractivity contribution in [3.05, 3.63) is 33.7 Å². The molecule has 0 saturated heterocycles. The SMILES string of the molecule is CC(=O)c1ccc(C(=O)OC(C)C(=O)Nc2cc(C)on2)s1. The number of thiophene rings is 1. The topological polar surface area (TPSA) is 98.5 Å². The molecule has 2 heterocycles. The van der Waals surface area contributed by atoms with E-state index in [4.69, 9.17) is 9.26 Å². The second kappa shape index (κ2) is 6.52. The number of nitrogens with zero attached hydrogens (tertiary/aromatic N) is 1. The number of amides is 1. The van der Waals surface area contributed by atoms with Gasteiger partial charge >= 0.3 is 5.97 Å². The van der Waals surface area contributed by atoms with Crippen LogP contribution in [-0.4, -0.2) is 28.9 Å². The van der Waals surface area contributed by atoms with Crippen LogP contribution in [0.3, 0.4) is 0 Å². The summed E-state index contributed by atoms with van der Waals surface area (Å²) in [5, 5.41) is 6.09. The van der Waals surface area contributed by atoms with Gasteiger partial charge in [0.15, 0.2) is 17.7 Å². The Morgan fingerprint density at radius 1 is 1.32 bits per heavy atom. The summed E-state index contributed by atoms with van der Waals surface area (Å²) in [7, 11) is 0. The minimum atomic E-state index is -1.01. The Labute approximate surface area is 130 Å². The molecule has 8 heteroatoms. The molecule has 0 bridgehead atoms. The van der Waals surface area contributed by atoms with Crippen LogP contribution in [-0.2, 0) is 9.53 Å². The lowest BCUT2D eigenvalue weighted by Gasteiger charge is -2.11. The van der Waals surface area contributed by atoms with Crippen LogP contribution in [0, 0.1) is 6.92 Å². The maximum atomic E-state index is 11.9. The van der Waals surface area contributed by atoms with Crippen LogP contribution in [0.1, 0.15) is 39.0 Å². The third-order valence-electron chi connectivity index (χ3n) is 2.69. The number of hydrogen-bond acceptors (Lipinski definition) is 7. The van der Waals surface area contributed by atoms with Crippen LogP contribution >= 0.6 is 11.3 Å². The van der Waals surface area contributed by atoms with Gasteiger partial charge in [0.2, 0.25) is 0 Å². The highest BCUT2D eigenvalue weighted by molar-refractivity contribution is 7.15. The van der Waals surface area contributed by atoms with Crippen LogP contribution in [0.5, 0.6) is 0 Å². The highest BCUT2D eigenvalue weighted by Crippen LogP contribution is 2.18. The maximum Gasteiger partial charge on any atom is 0.349 e. The summed E-state index contributed by atoms with van der Waals surface area (Å²) in [5.74, 6) is -0.506. The van der Waals surface area contributed by atoms with Gasteiger partial charge in [0.25, 0.3) is 5.91 Å². The van der Waals surface area contributed by atoms with Gasteiger partial charge < -0.3 is 14.6 Å². The zero-order chi connectivity index (χ0) is 16.3. The fourth-order valence-electron chi connectivity index (χ4n) is 1.56. The van der Waals surface area contributed by atoms with Gasteiger partial charge in [-0.25, -0.2) is 4.79 Å². The normalized spacial score (nSPS) is 11.8. The van der Waals surface area contributed by atoms with E-state index < -0.39 is 18.0 Å². The lowest BCUT2D eigenvalue weighted by atomic mass is 10.3. The smallest absolute Gasteiger partial charge is 0.349 e. The second-order valence-corrected chi connectivity index (χ2v) is 5.66. The van der Waals surface area contributed by atoms with E-state index >= 15 is 0 Å². The highest BCUT2D eigenvalue weighted by atomic mass is 32.1. The molecule has 0 aliphatic carbocycles. The number of aromatic nitrogens is 1. The molecule has 0 fully saturated rings. The largest absolute Gasteiger partial charge is 0.448 e. The summed E-state index contributed by atoms with van der Waals surface area (Å²) >= 11 is 1.03. The first kappa shape index (κ1) is 15.9. The fourth-order valence-corrected chi connectivity index (χ4v) is 2.35. The van der Waals surface area contributed by atoms with E-state index in [1.807, 2.05) is 0 Å². The van der Waals surface area contributed by atoms with Crippen LogP contribution in [0.15, 0.2) is 22.7 Å². The molecule has 7 nitrogen and oxygen atoms in total. The van der Waals surface area contributed by atoms with Gasteiger partial charge in [0.05, 0.1) is 4.88 Å². The zero-order valence-corrected chi connectivity index (χ0v) is 13.0. The molecule has 0 spiro atoms. The van der Waals surface area contributed by atoms with E-state index in [2.05, 4.69) is 10.5 Å². The predicted molar refractivity (Wildman–Crippen MR) is 79.1 cm³/mol. The number of carbonyl (C=O) groups excluding carboxylic acids is 3. The van der Waals surface area contributed by atoms with Crippen molar-refractivity contribution in [3.8, 4) is 0 Å². The quantitative estimate of drug-likeness (QED) is 0.670. The first-order chi connectivity index (χ1) is 10.4. The van der Waals surface area contributed by atoms with Gasteiger partial charge in [-0.1, -0.05) is 5.16 Å². The van der Waals surface area contributed by atoms with Crippen molar-refractivity contribution in [2.75, 3.05) is 5.32 Å². The Kier molecular flexibility index (Phi) is 4.71. The van der Waals surface area contributed by atoms with Crippen LogP contribution < -0.4 is 5.32 Å². The van der Waals surface area contributed by atoms with Gasteiger partial charge in [-0.3, -0.25) is 9.59 Å².